The Labute approximate surface area is 265 Å². The third-order valence-corrected chi connectivity index (χ3v) is 11.9. The van der Waals surface area contributed by atoms with Crippen LogP contribution in [0.3, 0.4) is 0 Å². The van der Waals surface area contributed by atoms with Crippen LogP contribution < -0.4 is 9.46 Å². The van der Waals surface area contributed by atoms with E-state index in [-0.39, 0.29) is 11.5 Å². The Hall–Kier alpha value is -2.96. The van der Waals surface area contributed by atoms with Crippen molar-refractivity contribution in [2.24, 2.45) is 5.41 Å². The first-order chi connectivity index (χ1) is 21.6. The molecule has 242 valence electrons. The van der Waals surface area contributed by atoms with Crippen molar-refractivity contribution >= 4 is 27.0 Å². The molecule has 11 heteroatoms. The highest BCUT2D eigenvalue weighted by molar-refractivity contribution is 7.87. The predicted molar refractivity (Wildman–Crippen MR) is 173 cm³/mol. The molecule has 2 aliphatic carbocycles. The SMILES string of the molecule is CCOc1ccc2c(c1)C1CC1(C(O)N1CCOCC1)Cn1c-2c(C2CCCCC2)c2ccc(C(=O)NS(=O)(=O)N(C)C)cc21. The lowest BCUT2D eigenvalue weighted by Gasteiger charge is -2.37. The van der Waals surface area contributed by atoms with Gasteiger partial charge in [-0.15, -0.1) is 0 Å². The number of aromatic nitrogens is 1. The van der Waals surface area contributed by atoms with Gasteiger partial charge in [-0.2, -0.15) is 12.7 Å². The van der Waals surface area contributed by atoms with E-state index >= 15 is 0 Å². The normalized spacial score (nSPS) is 24.4. The second-order valence-electron chi connectivity index (χ2n) is 13.3. The van der Waals surface area contributed by atoms with E-state index in [1.165, 1.54) is 44.5 Å². The Morgan fingerprint density at radius 3 is 2.60 bits per heavy atom. The van der Waals surface area contributed by atoms with Crippen molar-refractivity contribution in [2.45, 2.75) is 70.1 Å². The Morgan fingerprint density at radius 2 is 1.89 bits per heavy atom. The molecule has 2 aliphatic heterocycles. The van der Waals surface area contributed by atoms with Crippen LogP contribution in [0.25, 0.3) is 22.2 Å². The first kappa shape index (κ1) is 30.7. The molecule has 0 bridgehead atoms. The molecular formula is C34H44N4O6S. The van der Waals surface area contributed by atoms with Gasteiger partial charge in [-0.05, 0) is 79.5 Å². The zero-order valence-electron chi connectivity index (χ0n) is 26.4. The van der Waals surface area contributed by atoms with Crippen molar-refractivity contribution < 1.29 is 27.8 Å². The highest BCUT2D eigenvalue weighted by Gasteiger charge is 2.63. The highest BCUT2D eigenvalue weighted by atomic mass is 32.2. The number of benzene rings is 2. The summed E-state index contributed by atoms with van der Waals surface area (Å²) in [6.07, 6.45) is 5.98. The molecule has 0 radical (unpaired) electrons. The summed E-state index contributed by atoms with van der Waals surface area (Å²) in [5.74, 6) is 0.697. The number of carbonyl (C=O) groups is 1. The van der Waals surface area contributed by atoms with E-state index in [0.29, 0.717) is 45.4 Å². The van der Waals surface area contributed by atoms with E-state index in [2.05, 4.69) is 26.3 Å². The van der Waals surface area contributed by atoms with Crippen molar-refractivity contribution in [2.75, 3.05) is 47.0 Å². The lowest BCUT2D eigenvalue weighted by Crippen LogP contribution is -2.49. The summed E-state index contributed by atoms with van der Waals surface area (Å²) in [7, 11) is -1.17. The molecule has 3 aromatic rings. The van der Waals surface area contributed by atoms with Gasteiger partial charge in [0.2, 0.25) is 0 Å². The molecular weight excluding hydrogens is 592 g/mol. The molecule has 2 saturated carbocycles. The first-order valence-corrected chi connectivity index (χ1v) is 17.8. The quantitative estimate of drug-likeness (QED) is 0.376. The van der Waals surface area contributed by atoms with E-state index in [4.69, 9.17) is 9.47 Å². The number of aliphatic hydroxyl groups excluding tert-OH is 1. The third-order valence-electron chi connectivity index (χ3n) is 10.5. The molecule has 1 amide bonds. The minimum absolute atomic E-state index is 0.150. The maximum Gasteiger partial charge on any atom is 0.303 e. The zero-order valence-corrected chi connectivity index (χ0v) is 27.2. The topological polar surface area (TPSA) is 113 Å². The molecule has 3 heterocycles. The average molecular weight is 637 g/mol. The van der Waals surface area contributed by atoms with E-state index in [9.17, 15) is 18.3 Å². The molecule has 2 aromatic carbocycles. The van der Waals surface area contributed by atoms with Gasteiger partial charge >= 0.3 is 10.2 Å². The largest absolute Gasteiger partial charge is 0.494 e. The average Bonchev–Trinajstić information content (AvgIpc) is 3.71. The van der Waals surface area contributed by atoms with Gasteiger partial charge in [0.1, 0.15) is 12.0 Å². The van der Waals surface area contributed by atoms with Crippen LogP contribution in [-0.4, -0.2) is 86.4 Å². The molecule has 7 rings (SSSR count). The van der Waals surface area contributed by atoms with E-state index in [1.807, 2.05) is 25.1 Å². The van der Waals surface area contributed by atoms with Crippen LogP contribution in [-0.2, 0) is 21.5 Å². The Morgan fingerprint density at radius 1 is 1.13 bits per heavy atom. The van der Waals surface area contributed by atoms with Gasteiger partial charge in [-0.25, -0.2) is 4.72 Å². The highest BCUT2D eigenvalue weighted by Crippen LogP contribution is 2.67. The van der Waals surface area contributed by atoms with Crippen LogP contribution in [0.1, 0.15) is 78.8 Å². The van der Waals surface area contributed by atoms with Crippen molar-refractivity contribution in [3.63, 3.8) is 0 Å². The Balaban J connectivity index is 1.43. The number of hydrogen-bond donors (Lipinski definition) is 2. The molecule has 3 atom stereocenters. The second-order valence-corrected chi connectivity index (χ2v) is 15.2. The Bertz CT molecular complexity index is 1720. The monoisotopic (exact) mass is 636 g/mol. The number of nitrogens with one attached hydrogen (secondary N) is 1. The number of hydrogen-bond acceptors (Lipinski definition) is 7. The number of aliphatic hydroxyl groups is 1. The van der Waals surface area contributed by atoms with Crippen molar-refractivity contribution in [1.82, 2.24) is 18.5 Å². The first-order valence-electron chi connectivity index (χ1n) is 16.3. The van der Waals surface area contributed by atoms with E-state index < -0.39 is 27.8 Å². The Kier molecular flexibility index (Phi) is 7.97. The summed E-state index contributed by atoms with van der Waals surface area (Å²) in [4.78, 5) is 15.5. The van der Waals surface area contributed by atoms with Crippen LogP contribution in [0, 0.1) is 5.41 Å². The van der Waals surface area contributed by atoms with Crippen LogP contribution in [0.4, 0.5) is 0 Å². The van der Waals surface area contributed by atoms with Gasteiger partial charge in [0.15, 0.2) is 0 Å². The van der Waals surface area contributed by atoms with Crippen LogP contribution >= 0.6 is 0 Å². The molecule has 2 N–H and O–H groups in total. The lowest BCUT2D eigenvalue weighted by molar-refractivity contribution is -0.0982. The minimum atomic E-state index is -3.95. The second kappa shape index (κ2) is 11.7. The molecule has 4 aliphatic rings. The summed E-state index contributed by atoms with van der Waals surface area (Å²) in [6.45, 7) is 5.71. The van der Waals surface area contributed by atoms with Crippen molar-refractivity contribution in [1.29, 1.82) is 0 Å². The number of amides is 1. The third kappa shape index (κ3) is 5.26. The zero-order chi connectivity index (χ0) is 31.5. The number of carbonyl (C=O) groups excluding carboxylic acids is 1. The maximum absolute atomic E-state index is 13.3. The van der Waals surface area contributed by atoms with E-state index in [0.717, 1.165) is 51.5 Å². The molecule has 10 nitrogen and oxygen atoms in total. The van der Waals surface area contributed by atoms with Crippen molar-refractivity contribution in [3.8, 4) is 17.0 Å². The van der Waals surface area contributed by atoms with Gasteiger partial charge in [0.25, 0.3) is 5.91 Å². The van der Waals surface area contributed by atoms with Crippen LogP contribution in [0.15, 0.2) is 36.4 Å². The lowest BCUT2D eigenvalue weighted by atomic mass is 9.81. The summed E-state index contributed by atoms with van der Waals surface area (Å²) < 4.78 is 42.2. The van der Waals surface area contributed by atoms with Gasteiger partial charge in [0, 0.05) is 61.2 Å². The number of ether oxygens (including phenoxy) is 2. The van der Waals surface area contributed by atoms with Gasteiger partial charge in [-0.3, -0.25) is 9.69 Å². The molecule has 45 heavy (non-hydrogen) atoms. The molecule has 3 unspecified atom stereocenters. The smallest absolute Gasteiger partial charge is 0.303 e. The van der Waals surface area contributed by atoms with Crippen molar-refractivity contribution in [3.05, 3.63) is 53.1 Å². The number of rotatable bonds is 8. The summed E-state index contributed by atoms with van der Waals surface area (Å²) >= 11 is 0. The summed E-state index contributed by atoms with van der Waals surface area (Å²) in [6, 6.07) is 12.0. The fourth-order valence-electron chi connectivity index (χ4n) is 8.11. The van der Waals surface area contributed by atoms with Gasteiger partial charge in [-0.1, -0.05) is 25.3 Å². The fraction of sp³-hybridized carbons (Fsp3) is 0.559. The van der Waals surface area contributed by atoms with Crippen LogP contribution in [0.5, 0.6) is 5.75 Å². The van der Waals surface area contributed by atoms with Gasteiger partial charge in [0.05, 0.1) is 25.5 Å². The number of morpholine rings is 1. The predicted octanol–water partition coefficient (Wildman–Crippen LogP) is 4.43. The maximum atomic E-state index is 13.3. The van der Waals surface area contributed by atoms with E-state index in [1.54, 1.807) is 6.07 Å². The fourth-order valence-corrected chi connectivity index (χ4v) is 8.64. The molecule has 1 aromatic heterocycles. The summed E-state index contributed by atoms with van der Waals surface area (Å²) in [5.41, 5.74) is 5.60. The molecule has 1 saturated heterocycles. The molecule has 0 spiro atoms. The summed E-state index contributed by atoms with van der Waals surface area (Å²) in [5, 5.41) is 13.2. The molecule has 3 fully saturated rings. The standard InChI is InChI=1S/C34H44N4O6S/c1-4-44-24-11-13-25-27(19-24)28-20-34(28,33(40)37-14-16-43-17-15-37)21-38-29-18-23(32(39)35-45(41,42)36(2)3)10-12-26(29)30(31(25)38)22-8-6-5-7-9-22/h10-13,18-19,22,28,33,40H,4-9,14-17,20-21H2,1-3H3,(H,35,39). The number of fused-ring (bicyclic) bond motifs is 7. The number of nitrogens with zero attached hydrogens (tertiary/aromatic N) is 3. The van der Waals surface area contributed by atoms with Gasteiger partial charge < -0.3 is 19.1 Å². The minimum Gasteiger partial charge on any atom is -0.494 e. The van der Waals surface area contributed by atoms with Crippen LogP contribution in [0.2, 0.25) is 0 Å².